The number of hydrogen-bond acceptors (Lipinski definition) is 3. The predicted molar refractivity (Wildman–Crippen MR) is 64.3 cm³/mol. The lowest BCUT2D eigenvalue weighted by Gasteiger charge is -2.36. The first-order valence-electron chi connectivity index (χ1n) is 5.92. The van der Waals surface area contributed by atoms with Crippen molar-refractivity contribution in [3.8, 4) is 0 Å². The molecule has 0 unspecified atom stereocenters. The predicted octanol–water partition coefficient (Wildman–Crippen LogP) is 0.917. The second-order valence-electron chi connectivity index (χ2n) is 5.58. The number of nitrogens with one attached hydrogen (secondary N) is 2. The Hall–Kier alpha value is -0.610. The van der Waals surface area contributed by atoms with Gasteiger partial charge in [0, 0.05) is 12.5 Å². The van der Waals surface area contributed by atoms with Gasteiger partial charge in [-0.3, -0.25) is 4.79 Å². The van der Waals surface area contributed by atoms with Crippen LogP contribution in [0.1, 0.15) is 33.6 Å². The molecule has 0 aromatic heterocycles. The molecule has 0 spiro atoms. The van der Waals surface area contributed by atoms with Gasteiger partial charge in [-0.1, -0.05) is 6.92 Å². The second-order valence-corrected chi connectivity index (χ2v) is 5.58. The van der Waals surface area contributed by atoms with Crippen molar-refractivity contribution in [1.29, 1.82) is 0 Å². The summed E-state index contributed by atoms with van der Waals surface area (Å²) in [6.07, 6.45) is 1.81. The standard InChI is InChI=1S/C12H24N2O2/c1-11(2,9-16-4)14-10(15)12(3)5-7-13-8-6-12/h13H,5-9H2,1-4H3,(H,14,15). The van der Waals surface area contributed by atoms with Crippen LogP contribution in [0.25, 0.3) is 0 Å². The molecule has 0 saturated carbocycles. The third kappa shape index (κ3) is 3.46. The minimum Gasteiger partial charge on any atom is -0.382 e. The second kappa shape index (κ2) is 5.15. The normalized spacial score (nSPS) is 20.5. The molecule has 1 rings (SSSR count). The van der Waals surface area contributed by atoms with Gasteiger partial charge < -0.3 is 15.4 Å². The number of carbonyl (C=O) groups is 1. The van der Waals surface area contributed by atoms with Gasteiger partial charge in [-0.15, -0.1) is 0 Å². The zero-order valence-corrected chi connectivity index (χ0v) is 10.9. The zero-order chi connectivity index (χ0) is 12.2. The summed E-state index contributed by atoms with van der Waals surface area (Å²) in [5, 5.41) is 6.35. The fourth-order valence-electron chi connectivity index (χ4n) is 2.06. The third-order valence-corrected chi connectivity index (χ3v) is 3.21. The van der Waals surface area contributed by atoms with Crippen molar-refractivity contribution in [3.63, 3.8) is 0 Å². The molecule has 1 amide bonds. The smallest absolute Gasteiger partial charge is 0.226 e. The van der Waals surface area contributed by atoms with Gasteiger partial charge in [0.25, 0.3) is 0 Å². The summed E-state index contributed by atoms with van der Waals surface area (Å²) in [6.45, 7) is 8.40. The SMILES string of the molecule is COCC(C)(C)NC(=O)C1(C)CCNCC1. The van der Waals surface area contributed by atoms with Crippen LogP contribution in [-0.4, -0.2) is 38.3 Å². The van der Waals surface area contributed by atoms with Crippen molar-refractivity contribution in [2.24, 2.45) is 5.41 Å². The molecule has 0 aromatic carbocycles. The molecule has 16 heavy (non-hydrogen) atoms. The summed E-state index contributed by atoms with van der Waals surface area (Å²) in [5.41, 5.74) is -0.518. The molecule has 1 aliphatic heterocycles. The van der Waals surface area contributed by atoms with Crippen molar-refractivity contribution < 1.29 is 9.53 Å². The van der Waals surface area contributed by atoms with Crippen molar-refractivity contribution in [1.82, 2.24) is 10.6 Å². The van der Waals surface area contributed by atoms with Crippen LogP contribution in [0.2, 0.25) is 0 Å². The molecule has 1 saturated heterocycles. The van der Waals surface area contributed by atoms with E-state index in [2.05, 4.69) is 10.6 Å². The number of hydrogen-bond donors (Lipinski definition) is 2. The van der Waals surface area contributed by atoms with E-state index in [0.717, 1.165) is 25.9 Å². The van der Waals surface area contributed by atoms with Gasteiger partial charge in [-0.25, -0.2) is 0 Å². The van der Waals surface area contributed by atoms with E-state index < -0.39 is 0 Å². The highest BCUT2D eigenvalue weighted by atomic mass is 16.5. The minimum absolute atomic E-state index is 0.149. The van der Waals surface area contributed by atoms with Gasteiger partial charge >= 0.3 is 0 Å². The number of ether oxygens (including phenoxy) is 1. The first-order valence-corrected chi connectivity index (χ1v) is 5.92. The first kappa shape index (κ1) is 13.5. The highest BCUT2D eigenvalue weighted by Crippen LogP contribution is 2.28. The molecule has 94 valence electrons. The Bertz CT molecular complexity index is 245. The highest BCUT2D eigenvalue weighted by Gasteiger charge is 2.36. The van der Waals surface area contributed by atoms with Crippen LogP contribution in [0.3, 0.4) is 0 Å². The molecule has 0 atom stereocenters. The lowest BCUT2D eigenvalue weighted by Crippen LogP contribution is -2.54. The Morgan fingerprint density at radius 1 is 1.44 bits per heavy atom. The lowest BCUT2D eigenvalue weighted by molar-refractivity contribution is -0.133. The Labute approximate surface area is 98.1 Å². The van der Waals surface area contributed by atoms with Crippen LogP contribution < -0.4 is 10.6 Å². The molecule has 0 aromatic rings. The molecule has 0 radical (unpaired) electrons. The molecular formula is C12H24N2O2. The van der Waals surface area contributed by atoms with Crippen LogP contribution in [0.5, 0.6) is 0 Å². The van der Waals surface area contributed by atoms with E-state index in [1.807, 2.05) is 20.8 Å². The van der Waals surface area contributed by atoms with Crippen LogP contribution >= 0.6 is 0 Å². The topological polar surface area (TPSA) is 50.4 Å². The maximum Gasteiger partial charge on any atom is 0.226 e. The maximum absolute atomic E-state index is 12.2. The van der Waals surface area contributed by atoms with Gasteiger partial charge in [-0.05, 0) is 39.8 Å². The fourth-order valence-corrected chi connectivity index (χ4v) is 2.06. The van der Waals surface area contributed by atoms with Crippen molar-refractivity contribution in [2.45, 2.75) is 39.2 Å². The molecule has 4 heteroatoms. The molecule has 0 aliphatic carbocycles. The van der Waals surface area contributed by atoms with E-state index in [4.69, 9.17) is 4.74 Å². The largest absolute Gasteiger partial charge is 0.382 e. The van der Waals surface area contributed by atoms with Crippen LogP contribution in [0.4, 0.5) is 0 Å². The van der Waals surface area contributed by atoms with E-state index in [1.165, 1.54) is 0 Å². The fraction of sp³-hybridized carbons (Fsp3) is 0.917. The van der Waals surface area contributed by atoms with Crippen LogP contribution in [0.15, 0.2) is 0 Å². The quantitative estimate of drug-likeness (QED) is 0.752. The summed E-state index contributed by atoms with van der Waals surface area (Å²) in [4.78, 5) is 12.2. The van der Waals surface area contributed by atoms with Gasteiger partial charge in [0.2, 0.25) is 5.91 Å². The monoisotopic (exact) mass is 228 g/mol. The van der Waals surface area contributed by atoms with E-state index in [-0.39, 0.29) is 16.9 Å². The van der Waals surface area contributed by atoms with Crippen molar-refractivity contribution in [3.05, 3.63) is 0 Å². The molecule has 1 fully saturated rings. The van der Waals surface area contributed by atoms with Gasteiger partial charge in [0.1, 0.15) is 0 Å². The lowest BCUT2D eigenvalue weighted by atomic mass is 9.79. The molecule has 4 nitrogen and oxygen atoms in total. The summed E-state index contributed by atoms with van der Waals surface area (Å²) < 4.78 is 5.10. The summed E-state index contributed by atoms with van der Waals surface area (Å²) in [7, 11) is 1.65. The molecule has 2 N–H and O–H groups in total. The maximum atomic E-state index is 12.2. The average molecular weight is 228 g/mol. The van der Waals surface area contributed by atoms with E-state index >= 15 is 0 Å². The number of methoxy groups -OCH3 is 1. The van der Waals surface area contributed by atoms with E-state index in [9.17, 15) is 4.79 Å². The Kier molecular flexibility index (Phi) is 4.33. The minimum atomic E-state index is -0.292. The molecule has 0 bridgehead atoms. The van der Waals surface area contributed by atoms with Crippen LogP contribution in [0, 0.1) is 5.41 Å². The van der Waals surface area contributed by atoms with Crippen molar-refractivity contribution in [2.75, 3.05) is 26.8 Å². The highest BCUT2D eigenvalue weighted by molar-refractivity contribution is 5.83. The summed E-state index contributed by atoms with van der Waals surface area (Å²) >= 11 is 0. The molecular weight excluding hydrogens is 204 g/mol. The van der Waals surface area contributed by atoms with Crippen LogP contribution in [-0.2, 0) is 9.53 Å². The summed E-state index contributed by atoms with van der Waals surface area (Å²) in [5.74, 6) is 0.149. The average Bonchev–Trinajstić information content (AvgIpc) is 2.17. The zero-order valence-electron chi connectivity index (χ0n) is 10.9. The van der Waals surface area contributed by atoms with Gasteiger partial charge in [-0.2, -0.15) is 0 Å². The van der Waals surface area contributed by atoms with Crippen molar-refractivity contribution >= 4 is 5.91 Å². The van der Waals surface area contributed by atoms with E-state index in [0.29, 0.717) is 6.61 Å². The molecule has 1 aliphatic rings. The van der Waals surface area contributed by atoms with Gasteiger partial charge in [0.05, 0.1) is 12.1 Å². The summed E-state index contributed by atoms with van der Waals surface area (Å²) in [6, 6.07) is 0. The van der Waals surface area contributed by atoms with Gasteiger partial charge in [0.15, 0.2) is 0 Å². The third-order valence-electron chi connectivity index (χ3n) is 3.21. The number of carbonyl (C=O) groups excluding carboxylic acids is 1. The Morgan fingerprint density at radius 3 is 2.50 bits per heavy atom. The number of piperidine rings is 1. The number of rotatable bonds is 4. The Balaban J connectivity index is 2.56. The van der Waals surface area contributed by atoms with E-state index in [1.54, 1.807) is 7.11 Å². The number of amides is 1. The first-order chi connectivity index (χ1) is 7.40. The molecule has 1 heterocycles. The Morgan fingerprint density at radius 2 is 2.00 bits per heavy atom.